The summed E-state index contributed by atoms with van der Waals surface area (Å²) in [4.78, 5) is 0. The molecule has 0 amide bonds. The summed E-state index contributed by atoms with van der Waals surface area (Å²) >= 11 is 3.45. The van der Waals surface area contributed by atoms with Crippen LogP contribution in [0.3, 0.4) is 0 Å². The fraction of sp³-hybridized carbons (Fsp3) is 0.455. The Morgan fingerprint density at radius 1 is 1.19 bits per heavy atom. The summed E-state index contributed by atoms with van der Waals surface area (Å²) in [5.74, 6) is 0.244. The Bertz CT molecular complexity index is 444. The van der Waals surface area contributed by atoms with Gasteiger partial charge in [-0.05, 0) is 30.5 Å². The number of halogens is 3. The third-order valence-electron chi connectivity index (χ3n) is 3.12. The maximum absolute atomic E-state index is 12.8. The molecule has 5 heteroatoms. The predicted molar refractivity (Wildman–Crippen MR) is 57.4 cm³/mol. The van der Waals surface area contributed by atoms with Crippen LogP contribution in [0.5, 0.6) is 11.5 Å². The first-order valence-electron chi connectivity index (χ1n) is 5.01. The first-order chi connectivity index (χ1) is 7.55. The maximum Gasteiger partial charge on any atom is 0.586 e. The van der Waals surface area contributed by atoms with Crippen LogP contribution in [0.1, 0.15) is 18.4 Å². The molecule has 0 N–H and O–H groups in total. The van der Waals surface area contributed by atoms with Crippen molar-refractivity contribution in [2.75, 3.05) is 5.33 Å². The number of fused-ring (bicyclic) bond motifs is 1. The van der Waals surface area contributed by atoms with E-state index in [-0.39, 0.29) is 16.9 Å². The highest BCUT2D eigenvalue weighted by atomic mass is 79.9. The second kappa shape index (κ2) is 3.09. The number of benzene rings is 1. The molecule has 1 saturated carbocycles. The molecule has 0 bridgehead atoms. The van der Waals surface area contributed by atoms with E-state index in [0.717, 1.165) is 23.7 Å². The zero-order valence-electron chi connectivity index (χ0n) is 8.30. The molecule has 0 saturated heterocycles. The van der Waals surface area contributed by atoms with Gasteiger partial charge in [0.2, 0.25) is 0 Å². The molecule has 1 aliphatic heterocycles. The Kier molecular flexibility index (Phi) is 2.00. The molecule has 0 radical (unpaired) electrons. The Hall–Kier alpha value is -0.840. The van der Waals surface area contributed by atoms with Crippen LogP contribution in [0, 0.1) is 0 Å². The smallest absolute Gasteiger partial charge is 0.395 e. The lowest BCUT2D eigenvalue weighted by molar-refractivity contribution is -0.286. The van der Waals surface area contributed by atoms with Crippen molar-refractivity contribution in [1.82, 2.24) is 0 Å². The van der Waals surface area contributed by atoms with Gasteiger partial charge in [0, 0.05) is 10.7 Å². The quantitative estimate of drug-likeness (QED) is 0.777. The van der Waals surface area contributed by atoms with Crippen LogP contribution in [-0.4, -0.2) is 11.6 Å². The van der Waals surface area contributed by atoms with Gasteiger partial charge in [0.25, 0.3) is 0 Å². The molecule has 1 heterocycles. The molecule has 1 aliphatic carbocycles. The standard InChI is InChI=1S/C11H9BrF2O2/c12-6-10(3-4-10)7-1-2-8-9(5-7)16-11(13,14)15-8/h1-2,5H,3-4,6H2. The van der Waals surface area contributed by atoms with Gasteiger partial charge in [0.05, 0.1) is 0 Å². The van der Waals surface area contributed by atoms with E-state index in [9.17, 15) is 8.78 Å². The Balaban J connectivity index is 1.97. The molecule has 0 unspecified atom stereocenters. The van der Waals surface area contributed by atoms with Gasteiger partial charge < -0.3 is 9.47 Å². The zero-order chi connectivity index (χ0) is 11.4. The average molecular weight is 291 g/mol. The van der Waals surface area contributed by atoms with Gasteiger partial charge in [-0.2, -0.15) is 0 Å². The molecule has 0 atom stereocenters. The highest BCUT2D eigenvalue weighted by Crippen LogP contribution is 2.52. The van der Waals surface area contributed by atoms with E-state index in [1.807, 2.05) is 6.07 Å². The highest BCUT2D eigenvalue weighted by molar-refractivity contribution is 9.09. The fourth-order valence-corrected chi connectivity index (χ4v) is 2.81. The number of rotatable bonds is 2. The zero-order valence-corrected chi connectivity index (χ0v) is 9.89. The fourth-order valence-electron chi connectivity index (χ4n) is 1.93. The molecule has 86 valence electrons. The first-order valence-corrected chi connectivity index (χ1v) is 6.13. The van der Waals surface area contributed by atoms with Crippen molar-refractivity contribution >= 4 is 15.9 Å². The Morgan fingerprint density at radius 2 is 1.88 bits per heavy atom. The maximum atomic E-state index is 12.8. The van der Waals surface area contributed by atoms with Gasteiger partial charge in [-0.1, -0.05) is 22.0 Å². The molecular formula is C11H9BrF2O2. The molecule has 1 fully saturated rings. The number of hydrogen-bond donors (Lipinski definition) is 0. The normalized spacial score (nSPS) is 23.2. The SMILES string of the molecule is FC1(F)Oc2ccc(C3(CBr)CC3)cc2O1. The summed E-state index contributed by atoms with van der Waals surface area (Å²) in [5, 5.41) is 0.843. The molecule has 16 heavy (non-hydrogen) atoms. The lowest BCUT2D eigenvalue weighted by atomic mass is 9.98. The van der Waals surface area contributed by atoms with Crippen molar-refractivity contribution in [3.05, 3.63) is 23.8 Å². The number of hydrogen-bond acceptors (Lipinski definition) is 2. The van der Waals surface area contributed by atoms with Gasteiger partial charge in [0.15, 0.2) is 11.5 Å². The molecule has 3 rings (SSSR count). The lowest BCUT2D eigenvalue weighted by Gasteiger charge is -2.11. The molecule has 0 aromatic heterocycles. The van der Waals surface area contributed by atoms with Crippen molar-refractivity contribution in [3.8, 4) is 11.5 Å². The second-order valence-corrected chi connectivity index (χ2v) is 4.80. The summed E-state index contributed by atoms with van der Waals surface area (Å²) in [6.45, 7) is 0. The minimum atomic E-state index is -3.52. The van der Waals surface area contributed by atoms with E-state index in [1.54, 1.807) is 12.1 Å². The average Bonchev–Trinajstić information content (AvgIpc) is 2.95. The minimum Gasteiger partial charge on any atom is -0.395 e. The van der Waals surface area contributed by atoms with Crippen LogP contribution in [0.25, 0.3) is 0 Å². The second-order valence-electron chi connectivity index (χ2n) is 4.24. The van der Waals surface area contributed by atoms with Crippen molar-refractivity contribution in [3.63, 3.8) is 0 Å². The van der Waals surface area contributed by atoms with Gasteiger partial charge in [-0.25, -0.2) is 0 Å². The minimum absolute atomic E-state index is 0.107. The molecular weight excluding hydrogens is 282 g/mol. The van der Waals surface area contributed by atoms with Gasteiger partial charge in [-0.3, -0.25) is 0 Å². The summed E-state index contributed by atoms with van der Waals surface area (Å²) in [7, 11) is 0. The first kappa shape index (κ1) is 10.3. The molecule has 0 spiro atoms. The van der Waals surface area contributed by atoms with Crippen LogP contribution in [0.4, 0.5) is 8.78 Å². The van der Waals surface area contributed by atoms with Crippen LogP contribution in [-0.2, 0) is 5.41 Å². The van der Waals surface area contributed by atoms with E-state index >= 15 is 0 Å². The topological polar surface area (TPSA) is 18.5 Å². The van der Waals surface area contributed by atoms with E-state index in [0.29, 0.717) is 0 Å². The van der Waals surface area contributed by atoms with E-state index < -0.39 is 6.29 Å². The third kappa shape index (κ3) is 1.49. The molecule has 1 aromatic carbocycles. The van der Waals surface area contributed by atoms with Crippen LogP contribution in [0.15, 0.2) is 18.2 Å². The molecule has 2 aliphatic rings. The van der Waals surface area contributed by atoms with Crippen molar-refractivity contribution < 1.29 is 18.3 Å². The summed E-state index contributed by atoms with van der Waals surface area (Å²) in [6.07, 6.45) is -1.37. The van der Waals surface area contributed by atoms with Crippen LogP contribution < -0.4 is 9.47 Å². The van der Waals surface area contributed by atoms with Crippen LogP contribution >= 0.6 is 15.9 Å². The summed E-state index contributed by atoms with van der Waals surface area (Å²) in [5.41, 5.74) is 1.14. The summed E-state index contributed by atoms with van der Waals surface area (Å²) < 4.78 is 34.4. The van der Waals surface area contributed by atoms with Crippen molar-refractivity contribution in [2.45, 2.75) is 24.6 Å². The van der Waals surface area contributed by atoms with Crippen LogP contribution in [0.2, 0.25) is 0 Å². The van der Waals surface area contributed by atoms with Crippen molar-refractivity contribution in [2.24, 2.45) is 0 Å². The van der Waals surface area contributed by atoms with Gasteiger partial charge >= 0.3 is 6.29 Å². The largest absolute Gasteiger partial charge is 0.586 e. The predicted octanol–water partition coefficient (Wildman–Crippen LogP) is 3.43. The lowest BCUT2D eigenvalue weighted by Crippen LogP contribution is -2.25. The van der Waals surface area contributed by atoms with Crippen molar-refractivity contribution in [1.29, 1.82) is 0 Å². The summed E-state index contributed by atoms with van der Waals surface area (Å²) in [6, 6.07) is 5.04. The van der Waals surface area contributed by atoms with Gasteiger partial charge in [0.1, 0.15) is 0 Å². The number of alkyl halides is 3. The number of ether oxygens (including phenoxy) is 2. The van der Waals surface area contributed by atoms with Gasteiger partial charge in [-0.15, -0.1) is 8.78 Å². The third-order valence-corrected chi connectivity index (χ3v) is 4.20. The Labute approximate surface area is 99.7 Å². The Morgan fingerprint density at radius 3 is 2.50 bits per heavy atom. The highest BCUT2D eigenvalue weighted by Gasteiger charge is 2.47. The van der Waals surface area contributed by atoms with E-state index in [4.69, 9.17) is 0 Å². The molecule has 2 nitrogen and oxygen atoms in total. The van der Waals surface area contributed by atoms with E-state index in [2.05, 4.69) is 25.4 Å². The molecule has 1 aromatic rings. The monoisotopic (exact) mass is 290 g/mol. The van der Waals surface area contributed by atoms with E-state index in [1.165, 1.54) is 0 Å².